The highest BCUT2D eigenvalue weighted by Crippen LogP contribution is 2.30. The van der Waals surface area contributed by atoms with Crippen LogP contribution < -0.4 is 4.74 Å². The summed E-state index contributed by atoms with van der Waals surface area (Å²) in [5.74, 6) is -1.27. The van der Waals surface area contributed by atoms with Gasteiger partial charge in [-0.05, 0) is 55.4 Å². The summed E-state index contributed by atoms with van der Waals surface area (Å²) in [5.41, 5.74) is 1.80. The lowest BCUT2D eigenvalue weighted by Crippen LogP contribution is -2.28. The van der Waals surface area contributed by atoms with Gasteiger partial charge in [-0.15, -0.1) is 0 Å². The molecular formula is C24H30F2O3. The monoisotopic (exact) mass is 404 g/mol. The molecule has 2 aromatic rings. The lowest BCUT2D eigenvalue weighted by atomic mass is 9.96. The van der Waals surface area contributed by atoms with Crippen molar-refractivity contribution in [3.63, 3.8) is 0 Å². The second-order valence-electron chi connectivity index (χ2n) is 7.53. The molecule has 2 atom stereocenters. The molecule has 3 nitrogen and oxygen atoms in total. The Morgan fingerprint density at radius 3 is 2.45 bits per heavy atom. The fraction of sp³-hybridized carbons (Fsp3) is 0.500. The molecule has 1 aliphatic heterocycles. The minimum Gasteiger partial charge on any atom is -0.491 e. The van der Waals surface area contributed by atoms with E-state index < -0.39 is 11.6 Å². The zero-order valence-corrected chi connectivity index (χ0v) is 17.3. The molecular weight excluding hydrogens is 374 g/mol. The summed E-state index contributed by atoms with van der Waals surface area (Å²) in [6.45, 7) is 5.43. The predicted molar refractivity (Wildman–Crippen MR) is 110 cm³/mol. The summed E-state index contributed by atoms with van der Waals surface area (Å²) >= 11 is 0. The standard InChI is InChI=1S/C24H30F2O3/c1-3-5-6-17-9-14-22(28-15-17)29-16-18-7-10-19(11-8-18)20-12-13-21(27-4-2)24(26)23(20)25/h7-8,10-13,17,22H,3-6,9,14-16H2,1-2H3. The van der Waals surface area contributed by atoms with Gasteiger partial charge in [0.1, 0.15) is 0 Å². The van der Waals surface area contributed by atoms with E-state index in [0.717, 1.165) is 25.0 Å². The van der Waals surface area contributed by atoms with Gasteiger partial charge < -0.3 is 14.2 Å². The minimum atomic E-state index is -0.955. The van der Waals surface area contributed by atoms with Crippen molar-refractivity contribution < 1.29 is 23.0 Å². The lowest BCUT2D eigenvalue weighted by molar-refractivity contribution is -0.182. The maximum absolute atomic E-state index is 14.4. The van der Waals surface area contributed by atoms with Crippen molar-refractivity contribution >= 4 is 0 Å². The summed E-state index contributed by atoms with van der Waals surface area (Å²) < 4.78 is 45.3. The van der Waals surface area contributed by atoms with Crippen LogP contribution in [0.25, 0.3) is 11.1 Å². The highest BCUT2D eigenvalue weighted by molar-refractivity contribution is 5.65. The molecule has 2 unspecified atom stereocenters. The van der Waals surface area contributed by atoms with E-state index in [9.17, 15) is 8.78 Å². The second-order valence-corrected chi connectivity index (χ2v) is 7.53. The average Bonchev–Trinajstić information content (AvgIpc) is 2.75. The SMILES string of the molecule is CCCCC1CCC(OCc2ccc(-c3ccc(OCC)c(F)c3F)cc2)OC1. The van der Waals surface area contributed by atoms with Gasteiger partial charge in [0.05, 0.1) is 19.8 Å². The number of hydrogen-bond acceptors (Lipinski definition) is 3. The first kappa shape index (κ1) is 21.7. The van der Waals surface area contributed by atoms with Gasteiger partial charge in [-0.2, -0.15) is 4.39 Å². The van der Waals surface area contributed by atoms with Crippen LogP contribution in [0, 0.1) is 17.6 Å². The van der Waals surface area contributed by atoms with Gasteiger partial charge in [-0.3, -0.25) is 0 Å². The molecule has 1 aliphatic rings. The van der Waals surface area contributed by atoms with Crippen LogP contribution in [0.15, 0.2) is 36.4 Å². The fourth-order valence-corrected chi connectivity index (χ4v) is 3.63. The molecule has 1 heterocycles. The number of benzene rings is 2. The Morgan fingerprint density at radius 2 is 1.79 bits per heavy atom. The van der Waals surface area contributed by atoms with E-state index in [-0.39, 0.29) is 24.2 Å². The second kappa shape index (κ2) is 10.7. The third-order valence-electron chi connectivity index (χ3n) is 5.34. The van der Waals surface area contributed by atoms with Crippen LogP contribution in [-0.2, 0) is 16.1 Å². The molecule has 0 N–H and O–H groups in total. The Kier molecular flexibility index (Phi) is 8.01. The lowest BCUT2D eigenvalue weighted by Gasteiger charge is -2.29. The largest absolute Gasteiger partial charge is 0.491 e. The third-order valence-corrected chi connectivity index (χ3v) is 5.34. The van der Waals surface area contributed by atoms with Crippen molar-refractivity contribution in [3.05, 3.63) is 53.6 Å². The molecule has 3 rings (SSSR count). The zero-order chi connectivity index (χ0) is 20.6. The summed E-state index contributed by atoms with van der Waals surface area (Å²) in [6.07, 6.45) is 5.61. The number of unbranched alkanes of at least 4 members (excludes halogenated alkanes) is 1. The fourth-order valence-electron chi connectivity index (χ4n) is 3.63. The van der Waals surface area contributed by atoms with E-state index in [4.69, 9.17) is 14.2 Å². The molecule has 0 amide bonds. The molecule has 0 spiro atoms. The molecule has 0 bridgehead atoms. The summed E-state index contributed by atoms with van der Waals surface area (Å²) in [5, 5.41) is 0. The molecule has 0 aliphatic carbocycles. The van der Waals surface area contributed by atoms with Gasteiger partial charge in [-0.1, -0.05) is 44.0 Å². The van der Waals surface area contributed by atoms with E-state index in [2.05, 4.69) is 6.92 Å². The number of hydrogen-bond donors (Lipinski definition) is 0. The van der Waals surface area contributed by atoms with E-state index in [1.165, 1.54) is 25.3 Å². The van der Waals surface area contributed by atoms with Crippen LogP contribution in [0.3, 0.4) is 0 Å². The Labute approximate surface area is 172 Å². The van der Waals surface area contributed by atoms with Crippen LogP contribution in [0.1, 0.15) is 51.5 Å². The normalized spacial score (nSPS) is 19.3. The molecule has 2 aromatic carbocycles. The molecule has 0 saturated carbocycles. The van der Waals surface area contributed by atoms with Crippen LogP contribution in [0.4, 0.5) is 8.78 Å². The van der Waals surface area contributed by atoms with E-state index in [0.29, 0.717) is 18.1 Å². The van der Waals surface area contributed by atoms with E-state index in [1.54, 1.807) is 25.1 Å². The number of halogens is 2. The van der Waals surface area contributed by atoms with Crippen molar-refractivity contribution in [3.8, 4) is 16.9 Å². The molecule has 0 aromatic heterocycles. The van der Waals surface area contributed by atoms with E-state index in [1.807, 2.05) is 12.1 Å². The third kappa shape index (κ3) is 5.77. The first-order chi connectivity index (χ1) is 14.1. The van der Waals surface area contributed by atoms with Crippen molar-refractivity contribution in [1.82, 2.24) is 0 Å². The van der Waals surface area contributed by atoms with Gasteiger partial charge in [0.2, 0.25) is 5.82 Å². The Hall–Kier alpha value is -1.98. The van der Waals surface area contributed by atoms with Crippen molar-refractivity contribution in [2.24, 2.45) is 5.92 Å². The maximum atomic E-state index is 14.4. The van der Waals surface area contributed by atoms with Crippen LogP contribution >= 0.6 is 0 Å². The van der Waals surface area contributed by atoms with E-state index >= 15 is 0 Å². The van der Waals surface area contributed by atoms with Crippen LogP contribution in [-0.4, -0.2) is 19.5 Å². The van der Waals surface area contributed by atoms with Gasteiger partial charge in [0.15, 0.2) is 17.9 Å². The molecule has 1 saturated heterocycles. The Balaban J connectivity index is 1.54. The first-order valence-electron chi connectivity index (χ1n) is 10.6. The average molecular weight is 404 g/mol. The highest BCUT2D eigenvalue weighted by Gasteiger charge is 2.22. The van der Waals surface area contributed by atoms with Crippen LogP contribution in [0.2, 0.25) is 0 Å². The molecule has 29 heavy (non-hydrogen) atoms. The summed E-state index contributed by atoms with van der Waals surface area (Å²) in [6, 6.07) is 10.3. The zero-order valence-electron chi connectivity index (χ0n) is 17.3. The summed E-state index contributed by atoms with van der Waals surface area (Å²) in [4.78, 5) is 0. The quantitative estimate of drug-likeness (QED) is 0.478. The number of rotatable bonds is 9. The molecule has 158 valence electrons. The van der Waals surface area contributed by atoms with Crippen LogP contribution in [0.5, 0.6) is 5.75 Å². The topological polar surface area (TPSA) is 27.7 Å². The first-order valence-corrected chi connectivity index (χ1v) is 10.6. The molecule has 1 fully saturated rings. The van der Waals surface area contributed by atoms with Gasteiger partial charge in [0, 0.05) is 5.56 Å². The van der Waals surface area contributed by atoms with Crippen molar-refractivity contribution in [2.75, 3.05) is 13.2 Å². The smallest absolute Gasteiger partial charge is 0.201 e. The van der Waals surface area contributed by atoms with Gasteiger partial charge in [-0.25, -0.2) is 4.39 Å². The van der Waals surface area contributed by atoms with Gasteiger partial charge >= 0.3 is 0 Å². The minimum absolute atomic E-state index is 0.0665. The molecule has 5 heteroatoms. The molecule has 0 radical (unpaired) electrons. The Bertz CT molecular complexity index is 768. The maximum Gasteiger partial charge on any atom is 0.201 e. The highest BCUT2D eigenvalue weighted by atomic mass is 19.2. The Morgan fingerprint density at radius 1 is 1.00 bits per heavy atom. The number of ether oxygens (including phenoxy) is 3. The van der Waals surface area contributed by atoms with Crippen molar-refractivity contribution in [2.45, 2.75) is 58.8 Å². The predicted octanol–water partition coefficient (Wildman–Crippen LogP) is 6.49. The summed E-state index contributed by atoms with van der Waals surface area (Å²) in [7, 11) is 0. The van der Waals surface area contributed by atoms with Crippen molar-refractivity contribution in [1.29, 1.82) is 0 Å². The van der Waals surface area contributed by atoms with Gasteiger partial charge in [0.25, 0.3) is 0 Å².